The molecular weight excluding hydrogens is 491 g/mol. The molecule has 7 nitrogen and oxygen atoms in total. The van der Waals surface area contributed by atoms with Crippen molar-refractivity contribution < 1.29 is 4.74 Å². The molecule has 3 rings (SSSR count). The molecule has 8 heteroatoms. The number of nitrogens with zero attached hydrogens (tertiary/aromatic N) is 5. The van der Waals surface area contributed by atoms with E-state index in [1.807, 2.05) is 12.1 Å². The van der Waals surface area contributed by atoms with Crippen molar-refractivity contribution in [3.8, 4) is 5.75 Å². The molecule has 0 unspecified atom stereocenters. The highest BCUT2D eigenvalue weighted by atomic mass is 127. The van der Waals surface area contributed by atoms with Crippen LogP contribution in [0, 0.1) is 0 Å². The van der Waals surface area contributed by atoms with Crippen LogP contribution in [0.2, 0.25) is 0 Å². The second-order valence-electron chi connectivity index (χ2n) is 7.54. The Labute approximate surface area is 197 Å². The molecule has 0 radical (unpaired) electrons. The average molecular weight is 526 g/mol. The molecule has 0 amide bonds. The van der Waals surface area contributed by atoms with E-state index in [0.717, 1.165) is 68.8 Å². The highest BCUT2D eigenvalue weighted by Gasteiger charge is 2.14. The first-order valence-corrected chi connectivity index (χ1v) is 10.7. The fraction of sp³-hybridized carbons (Fsp3) is 0.591. The van der Waals surface area contributed by atoms with Gasteiger partial charge in [0.2, 0.25) is 0 Å². The van der Waals surface area contributed by atoms with E-state index in [1.165, 1.54) is 24.8 Å². The minimum absolute atomic E-state index is 0. The number of rotatable bonds is 8. The van der Waals surface area contributed by atoms with Crippen molar-refractivity contribution in [2.45, 2.75) is 58.5 Å². The van der Waals surface area contributed by atoms with Gasteiger partial charge in [-0.25, -0.2) is 0 Å². The predicted octanol–water partition coefficient (Wildman–Crippen LogP) is 3.66. The summed E-state index contributed by atoms with van der Waals surface area (Å²) < 4.78 is 7.57. The molecule has 1 N–H and O–H groups in total. The molecule has 1 aromatic heterocycles. The largest absolute Gasteiger partial charge is 0.497 e. The lowest BCUT2D eigenvalue weighted by molar-refractivity contribution is 0.414. The summed E-state index contributed by atoms with van der Waals surface area (Å²) in [6.45, 7) is 5.59. The Morgan fingerprint density at radius 2 is 2.00 bits per heavy atom. The number of ether oxygens (including phenoxy) is 1. The Balaban J connectivity index is 0.00000320. The third-order valence-corrected chi connectivity index (χ3v) is 5.28. The Morgan fingerprint density at radius 1 is 1.20 bits per heavy atom. The summed E-state index contributed by atoms with van der Waals surface area (Å²) in [6, 6.07) is 8.18. The van der Waals surface area contributed by atoms with Crippen LogP contribution in [0.5, 0.6) is 5.75 Å². The van der Waals surface area contributed by atoms with Gasteiger partial charge in [-0.2, -0.15) is 0 Å². The molecule has 0 atom stereocenters. The molecule has 0 fully saturated rings. The Hall–Kier alpha value is -1.84. The van der Waals surface area contributed by atoms with E-state index in [4.69, 9.17) is 9.73 Å². The quantitative estimate of drug-likeness (QED) is 0.246. The van der Waals surface area contributed by atoms with E-state index in [9.17, 15) is 0 Å². The van der Waals surface area contributed by atoms with Crippen LogP contribution >= 0.6 is 24.0 Å². The molecule has 166 valence electrons. The van der Waals surface area contributed by atoms with Crippen LogP contribution in [-0.2, 0) is 25.9 Å². The molecule has 0 saturated heterocycles. The minimum atomic E-state index is 0. The van der Waals surface area contributed by atoms with Gasteiger partial charge in [0.25, 0.3) is 0 Å². The number of benzene rings is 1. The van der Waals surface area contributed by atoms with Gasteiger partial charge in [0.05, 0.1) is 7.11 Å². The first kappa shape index (κ1) is 24.4. The number of aromatic nitrogens is 3. The van der Waals surface area contributed by atoms with E-state index in [1.54, 1.807) is 7.11 Å². The van der Waals surface area contributed by atoms with E-state index in [0.29, 0.717) is 0 Å². The van der Waals surface area contributed by atoms with Crippen LogP contribution in [-0.4, -0.2) is 52.9 Å². The zero-order valence-corrected chi connectivity index (χ0v) is 20.8. The van der Waals surface area contributed by atoms with Crippen molar-refractivity contribution in [3.63, 3.8) is 0 Å². The van der Waals surface area contributed by atoms with Crippen LogP contribution in [0.1, 0.15) is 49.8 Å². The van der Waals surface area contributed by atoms with Crippen LogP contribution in [0.4, 0.5) is 0 Å². The lowest BCUT2D eigenvalue weighted by Crippen LogP contribution is -2.38. The lowest BCUT2D eigenvalue weighted by atomic mass is 10.2. The number of aliphatic imine (C=N–C) groups is 1. The van der Waals surface area contributed by atoms with E-state index >= 15 is 0 Å². The molecule has 1 aliphatic rings. The van der Waals surface area contributed by atoms with Crippen LogP contribution in [0.15, 0.2) is 29.3 Å². The summed E-state index contributed by atoms with van der Waals surface area (Å²) >= 11 is 0. The highest BCUT2D eigenvalue weighted by Crippen LogP contribution is 2.15. The maximum Gasteiger partial charge on any atom is 0.193 e. The van der Waals surface area contributed by atoms with Crippen molar-refractivity contribution in [2.24, 2.45) is 4.99 Å². The minimum Gasteiger partial charge on any atom is -0.497 e. The Morgan fingerprint density at radius 3 is 2.73 bits per heavy atom. The molecule has 1 aromatic carbocycles. The first-order chi connectivity index (χ1) is 14.2. The average Bonchev–Trinajstić information content (AvgIpc) is 2.96. The number of hydrogen-bond donors (Lipinski definition) is 1. The van der Waals surface area contributed by atoms with E-state index in [-0.39, 0.29) is 24.0 Å². The van der Waals surface area contributed by atoms with Crippen molar-refractivity contribution in [1.82, 2.24) is 25.0 Å². The van der Waals surface area contributed by atoms with Crippen molar-refractivity contribution in [2.75, 3.05) is 27.2 Å². The first-order valence-electron chi connectivity index (χ1n) is 10.7. The van der Waals surface area contributed by atoms with Crippen LogP contribution in [0.3, 0.4) is 0 Å². The molecule has 0 aliphatic carbocycles. The summed E-state index contributed by atoms with van der Waals surface area (Å²) in [7, 11) is 3.76. The fourth-order valence-corrected chi connectivity index (χ4v) is 3.70. The second kappa shape index (κ2) is 12.8. The standard InChI is InChI=1S/C22H34N6O.HI/c1-4-23-22(27(2)17-18-11-13-19(29-3)14-12-18)24-15-8-10-21-26-25-20-9-6-5-7-16-28(20)21;/h11-14H,4-10,15-17H2,1-3H3,(H,23,24);1H. The summed E-state index contributed by atoms with van der Waals surface area (Å²) in [6.07, 6.45) is 6.72. The fourth-order valence-electron chi connectivity index (χ4n) is 3.70. The van der Waals surface area contributed by atoms with Gasteiger partial charge < -0.3 is 19.5 Å². The number of guanidine groups is 1. The molecule has 30 heavy (non-hydrogen) atoms. The number of hydrogen-bond acceptors (Lipinski definition) is 4. The van der Waals surface area contributed by atoms with Crippen LogP contribution in [0.25, 0.3) is 0 Å². The van der Waals surface area contributed by atoms with Crippen LogP contribution < -0.4 is 10.1 Å². The molecule has 0 bridgehead atoms. The summed E-state index contributed by atoms with van der Waals surface area (Å²) in [5, 5.41) is 12.2. The number of nitrogens with one attached hydrogen (secondary N) is 1. The third-order valence-electron chi connectivity index (χ3n) is 5.28. The zero-order valence-electron chi connectivity index (χ0n) is 18.4. The SMILES string of the molecule is CCNC(=NCCCc1nnc2n1CCCCC2)N(C)Cc1ccc(OC)cc1.I. The van der Waals surface area contributed by atoms with Crippen molar-refractivity contribution >= 4 is 29.9 Å². The number of methoxy groups -OCH3 is 1. The molecule has 2 aromatic rings. The topological polar surface area (TPSA) is 67.6 Å². The van der Waals surface area contributed by atoms with E-state index in [2.05, 4.69) is 51.1 Å². The van der Waals surface area contributed by atoms with Gasteiger partial charge in [-0.3, -0.25) is 4.99 Å². The smallest absolute Gasteiger partial charge is 0.193 e. The maximum atomic E-state index is 5.24. The summed E-state index contributed by atoms with van der Waals surface area (Å²) in [5.41, 5.74) is 1.23. The summed E-state index contributed by atoms with van der Waals surface area (Å²) in [5.74, 6) is 4.09. The van der Waals surface area contributed by atoms with Crippen molar-refractivity contribution in [3.05, 3.63) is 41.5 Å². The molecule has 0 spiro atoms. The van der Waals surface area contributed by atoms with Gasteiger partial charge in [-0.1, -0.05) is 18.6 Å². The summed E-state index contributed by atoms with van der Waals surface area (Å²) in [4.78, 5) is 6.98. The Bertz CT molecular complexity index is 789. The van der Waals surface area contributed by atoms with Gasteiger partial charge in [0, 0.05) is 46.1 Å². The van der Waals surface area contributed by atoms with Gasteiger partial charge in [0.15, 0.2) is 5.96 Å². The van der Waals surface area contributed by atoms with Gasteiger partial charge in [0.1, 0.15) is 17.4 Å². The zero-order chi connectivity index (χ0) is 20.5. The predicted molar refractivity (Wildman–Crippen MR) is 132 cm³/mol. The van der Waals surface area contributed by atoms with Gasteiger partial charge in [-0.05, 0) is 43.9 Å². The lowest BCUT2D eigenvalue weighted by Gasteiger charge is -2.22. The number of fused-ring (bicyclic) bond motifs is 1. The monoisotopic (exact) mass is 526 g/mol. The Kier molecular flexibility index (Phi) is 10.4. The highest BCUT2D eigenvalue weighted by molar-refractivity contribution is 14.0. The maximum absolute atomic E-state index is 5.24. The van der Waals surface area contributed by atoms with E-state index < -0.39 is 0 Å². The van der Waals surface area contributed by atoms with Gasteiger partial charge >= 0.3 is 0 Å². The van der Waals surface area contributed by atoms with Gasteiger partial charge in [-0.15, -0.1) is 34.2 Å². The second-order valence-corrected chi connectivity index (χ2v) is 7.54. The molecule has 2 heterocycles. The third kappa shape index (κ3) is 6.85. The number of aryl methyl sites for hydroxylation is 2. The molecule has 1 aliphatic heterocycles. The molecule has 0 saturated carbocycles. The molecular formula is C22H35IN6O. The van der Waals surface area contributed by atoms with Crippen molar-refractivity contribution in [1.29, 1.82) is 0 Å². The normalized spacial score (nSPS) is 13.8. The number of halogens is 1.